The fourth-order valence-corrected chi connectivity index (χ4v) is 3.58. The number of benzene rings is 3. The molecule has 0 bridgehead atoms. The van der Waals surface area contributed by atoms with Crippen LogP contribution in [0.4, 0.5) is 0 Å². The molecule has 1 aliphatic rings. The molecule has 1 N–H and O–H groups in total. The summed E-state index contributed by atoms with van der Waals surface area (Å²) in [6, 6.07) is 17.4. The lowest BCUT2D eigenvalue weighted by Crippen LogP contribution is -1.82. The van der Waals surface area contributed by atoms with Gasteiger partial charge in [0.05, 0.1) is 0 Å². The van der Waals surface area contributed by atoms with E-state index in [1.807, 2.05) is 0 Å². The summed E-state index contributed by atoms with van der Waals surface area (Å²) in [5.74, 6) is 0. The highest BCUT2D eigenvalue weighted by Gasteiger charge is 2.13. The number of aromatic amines is 1. The fourth-order valence-electron chi connectivity index (χ4n) is 3.58. The Morgan fingerprint density at radius 1 is 0.727 bits per heavy atom. The zero-order valence-corrected chi connectivity index (χ0v) is 12.1. The lowest BCUT2D eigenvalue weighted by molar-refractivity contribution is 1.44. The van der Waals surface area contributed by atoms with Crippen molar-refractivity contribution in [1.82, 2.24) is 4.98 Å². The van der Waals surface area contributed by atoms with Crippen LogP contribution >= 0.6 is 0 Å². The van der Waals surface area contributed by atoms with Crippen molar-refractivity contribution in [3.63, 3.8) is 0 Å². The third-order valence-corrected chi connectivity index (χ3v) is 4.58. The van der Waals surface area contributed by atoms with E-state index in [1.54, 1.807) is 0 Å². The number of hydrogen-bond acceptors (Lipinski definition) is 0. The molecule has 5 rings (SSSR count). The van der Waals surface area contributed by atoms with E-state index in [0.29, 0.717) is 0 Å². The van der Waals surface area contributed by atoms with Crippen molar-refractivity contribution in [2.45, 2.75) is 6.42 Å². The van der Waals surface area contributed by atoms with Crippen LogP contribution in [0.25, 0.3) is 44.7 Å². The molecule has 0 saturated carbocycles. The van der Waals surface area contributed by atoms with Crippen molar-refractivity contribution in [1.29, 1.82) is 0 Å². The van der Waals surface area contributed by atoms with Gasteiger partial charge in [-0.3, -0.25) is 0 Å². The Morgan fingerprint density at radius 3 is 2.55 bits per heavy atom. The maximum Gasteiger partial charge on any atom is 0.0471 e. The summed E-state index contributed by atoms with van der Waals surface area (Å²) in [6.45, 7) is 0. The standard InChI is InChI=1S/C21H15N/c1-2-6-14-10-12-18-20(16(14)8-3-1)21-17-9-5-4-7-15(17)11-13-19(21)22-18/h2-13,22H,1H2. The van der Waals surface area contributed by atoms with Crippen LogP contribution in [0.15, 0.2) is 60.7 Å². The molecule has 104 valence electrons. The Bertz CT molecular complexity index is 1090. The van der Waals surface area contributed by atoms with Gasteiger partial charge in [0.2, 0.25) is 0 Å². The molecular formula is C21H15N. The average molecular weight is 281 g/mol. The molecule has 0 atom stereocenters. The number of hydrogen-bond donors (Lipinski definition) is 1. The molecule has 0 aliphatic heterocycles. The summed E-state index contributed by atoms with van der Waals surface area (Å²) in [7, 11) is 0. The van der Waals surface area contributed by atoms with Gasteiger partial charge in [-0.15, -0.1) is 0 Å². The first-order valence-electron chi connectivity index (χ1n) is 7.71. The first kappa shape index (κ1) is 11.8. The normalized spacial score (nSPS) is 13.8. The molecular weight excluding hydrogens is 266 g/mol. The molecule has 1 heterocycles. The van der Waals surface area contributed by atoms with Crippen LogP contribution in [0, 0.1) is 0 Å². The number of allylic oxidation sites excluding steroid dienone is 2. The molecule has 0 saturated heterocycles. The maximum absolute atomic E-state index is 3.58. The summed E-state index contributed by atoms with van der Waals surface area (Å²) < 4.78 is 0. The van der Waals surface area contributed by atoms with Gasteiger partial charge in [0.15, 0.2) is 0 Å². The zero-order valence-electron chi connectivity index (χ0n) is 12.1. The summed E-state index contributed by atoms with van der Waals surface area (Å²) in [6.07, 6.45) is 9.97. The predicted octanol–water partition coefficient (Wildman–Crippen LogP) is 5.90. The van der Waals surface area contributed by atoms with Crippen molar-refractivity contribution in [2.75, 3.05) is 0 Å². The van der Waals surface area contributed by atoms with Crippen LogP contribution in [0.1, 0.15) is 17.5 Å². The number of H-pyrrole nitrogens is 1. The van der Waals surface area contributed by atoms with Crippen LogP contribution in [-0.4, -0.2) is 4.98 Å². The maximum atomic E-state index is 3.58. The second-order valence-corrected chi connectivity index (χ2v) is 5.87. The largest absolute Gasteiger partial charge is 0.354 e. The highest BCUT2D eigenvalue weighted by atomic mass is 14.7. The van der Waals surface area contributed by atoms with Gasteiger partial charge in [-0.25, -0.2) is 0 Å². The van der Waals surface area contributed by atoms with E-state index in [2.05, 4.69) is 77.8 Å². The third kappa shape index (κ3) is 1.54. The summed E-state index contributed by atoms with van der Waals surface area (Å²) >= 11 is 0. The van der Waals surface area contributed by atoms with Crippen molar-refractivity contribution in [3.8, 4) is 0 Å². The van der Waals surface area contributed by atoms with Crippen molar-refractivity contribution in [3.05, 3.63) is 71.8 Å². The van der Waals surface area contributed by atoms with Gasteiger partial charge in [-0.2, -0.15) is 0 Å². The molecule has 1 aromatic heterocycles. The van der Waals surface area contributed by atoms with Gasteiger partial charge in [0.1, 0.15) is 0 Å². The molecule has 3 aromatic carbocycles. The highest BCUT2D eigenvalue weighted by Crippen LogP contribution is 2.36. The fraction of sp³-hybridized carbons (Fsp3) is 0.0476. The zero-order chi connectivity index (χ0) is 14.5. The first-order valence-corrected chi connectivity index (χ1v) is 7.71. The SMILES string of the molecule is C1=Cc2ccc3[nH]c4ccc5ccccc5c4c3c2C=CC1. The Kier molecular flexibility index (Phi) is 2.33. The molecule has 22 heavy (non-hydrogen) atoms. The lowest BCUT2D eigenvalue weighted by atomic mass is 9.97. The second kappa shape index (κ2) is 4.35. The van der Waals surface area contributed by atoms with Crippen LogP contribution in [0.2, 0.25) is 0 Å². The highest BCUT2D eigenvalue weighted by molar-refractivity contribution is 6.22. The molecule has 1 heteroatoms. The molecule has 1 aliphatic carbocycles. The third-order valence-electron chi connectivity index (χ3n) is 4.58. The predicted molar refractivity (Wildman–Crippen MR) is 96.0 cm³/mol. The van der Waals surface area contributed by atoms with Gasteiger partial charge >= 0.3 is 0 Å². The van der Waals surface area contributed by atoms with E-state index < -0.39 is 0 Å². The van der Waals surface area contributed by atoms with Crippen molar-refractivity contribution >= 4 is 44.7 Å². The molecule has 1 nitrogen and oxygen atoms in total. The van der Waals surface area contributed by atoms with Crippen molar-refractivity contribution < 1.29 is 0 Å². The molecule has 0 unspecified atom stereocenters. The molecule has 0 radical (unpaired) electrons. The van der Waals surface area contributed by atoms with Gasteiger partial charge in [0, 0.05) is 21.8 Å². The molecule has 0 spiro atoms. The minimum atomic E-state index is 0.999. The Hall–Kier alpha value is -2.80. The summed E-state index contributed by atoms with van der Waals surface area (Å²) in [4.78, 5) is 3.58. The first-order chi connectivity index (χ1) is 10.9. The van der Waals surface area contributed by atoms with Gasteiger partial charge < -0.3 is 4.98 Å². The van der Waals surface area contributed by atoms with Gasteiger partial charge in [-0.1, -0.05) is 60.7 Å². The van der Waals surface area contributed by atoms with Crippen LogP contribution in [0.5, 0.6) is 0 Å². The summed E-state index contributed by atoms with van der Waals surface area (Å²) in [5, 5.41) is 5.29. The van der Waals surface area contributed by atoms with Crippen molar-refractivity contribution in [2.24, 2.45) is 0 Å². The number of fused-ring (bicyclic) bond motifs is 7. The molecule has 4 aromatic rings. The number of rotatable bonds is 0. The second-order valence-electron chi connectivity index (χ2n) is 5.87. The molecule has 0 amide bonds. The number of aromatic nitrogens is 1. The van der Waals surface area contributed by atoms with E-state index in [1.165, 1.54) is 43.7 Å². The van der Waals surface area contributed by atoms with E-state index in [-0.39, 0.29) is 0 Å². The summed E-state index contributed by atoms with van der Waals surface area (Å²) in [5.41, 5.74) is 5.05. The van der Waals surface area contributed by atoms with E-state index in [4.69, 9.17) is 0 Å². The van der Waals surface area contributed by atoms with Crippen LogP contribution < -0.4 is 0 Å². The monoisotopic (exact) mass is 281 g/mol. The molecule has 0 fully saturated rings. The van der Waals surface area contributed by atoms with Crippen LogP contribution in [0.3, 0.4) is 0 Å². The van der Waals surface area contributed by atoms with E-state index >= 15 is 0 Å². The Labute approximate surface area is 128 Å². The number of nitrogens with one attached hydrogen (secondary N) is 1. The van der Waals surface area contributed by atoms with Crippen LogP contribution in [-0.2, 0) is 0 Å². The Morgan fingerprint density at radius 2 is 1.55 bits per heavy atom. The quantitative estimate of drug-likeness (QED) is 0.413. The minimum Gasteiger partial charge on any atom is -0.354 e. The Balaban J connectivity index is 2.08. The topological polar surface area (TPSA) is 15.8 Å². The smallest absolute Gasteiger partial charge is 0.0471 e. The lowest BCUT2D eigenvalue weighted by Gasteiger charge is -2.05. The van der Waals surface area contributed by atoms with E-state index in [0.717, 1.165) is 6.42 Å². The van der Waals surface area contributed by atoms with Gasteiger partial charge in [-0.05, 0) is 40.5 Å². The minimum absolute atomic E-state index is 0.999. The average Bonchev–Trinajstić information content (AvgIpc) is 2.78. The van der Waals surface area contributed by atoms with Gasteiger partial charge in [0.25, 0.3) is 0 Å². The van der Waals surface area contributed by atoms with E-state index in [9.17, 15) is 0 Å².